The van der Waals surface area contributed by atoms with Crippen LogP contribution in [0.4, 0.5) is 5.69 Å². The molecule has 0 bridgehead atoms. The van der Waals surface area contributed by atoms with Crippen LogP contribution in [0.2, 0.25) is 0 Å². The molecule has 0 amide bonds. The highest BCUT2D eigenvalue weighted by molar-refractivity contribution is 5.59. The lowest BCUT2D eigenvalue weighted by Gasteiger charge is -2.43. The van der Waals surface area contributed by atoms with Crippen LogP contribution in [0.25, 0.3) is 0 Å². The van der Waals surface area contributed by atoms with Gasteiger partial charge in [-0.05, 0) is 54.8 Å². The Kier molecular flexibility index (Phi) is 6.12. The number of methoxy groups -OCH3 is 2. The minimum absolute atomic E-state index is 0.0666. The van der Waals surface area contributed by atoms with Crippen LogP contribution in [-0.4, -0.2) is 33.9 Å². The number of para-hydroxylation sites is 3. The maximum atomic E-state index is 6.28. The molecule has 0 aromatic heterocycles. The number of nitrogens with zero attached hydrogens (tertiary/aromatic N) is 1. The van der Waals surface area contributed by atoms with Gasteiger partial charge in [0.1, 0.15) is 17.2 Å². The second-order valence-electron chi connectivity index (χ2n) is 7.77. The molecule has 0 unspecified atom stereocenters. The quantitative estimate of drug-likeness (QED) is 0.534. The van der Waals surface area contributed by atoms with Gasteiger partial charge >= 0.3 is 0 Å². The van der Waals surface area contributed by atoms with E-state index in [0.29, 0.717) is 6.61 Å². The Bertz CT molecular complexity index is 949. The Labute approximate surface area is 179 Å². The molecule has 1 saturated heterocycles. The van der Waals surface area contributed by atoms with Crippen molar-refractivity contribution in [3.63, 3.8) is 0 Å². The van der Waals surface area contributed by atoms with Crippen LogP contribution in [0.5, 0.6) is 17.2 Å². The first-order valence-electron chi connectivity index (χ1n) is 10.4. The van der Waals surface area contributed by atoms with Crippen molar-refractivity contribution < 1.29 is 14.2 Å². The van der Waals surface area contributed by atoms with Crippen molar-refractivity contribution in [2.45, 2.75) is 18.3 Å². The molecule has 1 fully saturated rings. The molecule has 0 spiro atoms. The Morgan fingerprint density at radius 3 is 2.20 bits per heavy atom. The van der Waals surface area contributed by atoms with E-state index in [-0.39, 0.29) is 5.41 Å². The summed E-state index contributed by atoms with van der Waals surface area (Å²) < 4.78 is 17.4. The summed E-state index contributed by atoms with van der Waals surface area (Å²) in [6.07, 6.45) is 1.98. The van der Waals surface area contributed by atoms with Gasteiger partial charge in [0, 0.05) is 18.5 Å². The number of piperidine rings is 1. The Morgan fingerprint density at radius 2 is 1.47 bits per heavy atom. The highest BCUT2D eigenvalue weighted by Crippen LogP contribution is 2.40. The van der Waals surface area contributed by atoms with E-state index in [4.69, 9.17) is 14.2 Å². The largest absolute Gasteiger partial charge is 0.497 e. The molecule has 0 atom stereocenters. The molecule has 0 radical (unpaired) electrons. The monoisotopic (exact) mass is 403 g/mol. The fourth-order valence-corrected chi connectivity index (χ4v) is 4.27. The lowest BCUT2D eigenvalue weighted by molar-refractivity contribution is 0.183. The summed E-state index contributed by atoms with van der Waals surface area (Å²) in [7, 11) is 3.45. The van der Waals surface area contributed by atoms with Crippen molar-refractivity contribution in [1.29, 1.82) is 0 Å². The molecule has 0 N–H and O–H groups in total. The third-order valence-electron chi connectivity index (χ3n) is 6.09. The molecular weight excluding hydrogens is 374 g/mol. The van der Waals surface area contributed by atoms with E-state index in [0.717, 1.165) is 48.9 Å². The van der Waals surface area contributed by atoms with E-state index in [1.165, 1.54) is 5.56 Å². The van der Waals surface area contributed by atoms with Gasteiger partial charge in [0.25, 0.3) is 0 Å². The molecule has 156 valence electrons. The zero-order valence-corrected chi connectivity index (χ0v) is 17.7. The standard InChI is InChI=1S/C26H29NO3/c1-28-23-12-8-9-21(19-23)26(20-30-22-10-4-3-5-11-22)15-17-27(18-16-26)24-13-6-7-14-25(24)29-2/h3-14,19H,15-18,20H2,1-2H3. The minimum Gasteiger partial charge on any atom is -0.497 e. The number of rotatable bonds is 7. The van der Waals surface area contributed by atoms with Crippen LogP contribution in [0.1, 0.15) is 18.4 Å². The van der Waals surface area contributed by atoms with Gasteiger partial charge in [0.05, 0.1) is 26.5 Å². The first-order chi connectivity index (χ1) is 14.7. The Morgan fingerprint density at radius 1 is 0.767 bits per heavy atom. The van der Waals surface area contributed by atoms with Crippen molar-refractivity contribution in [2.24, 2.45) is 0 Å². The van der Waals surface area contributed by atoms with Gasteiger partial charge in [-0.2, -0.15) is 0 Å². The van der Waals surface area contributed by atoms with Crippen LogP contribution in [0.15, 0.2) is 78.9 Å². The van der Waals surface area contributed by atoms with Crippen LogP contribution >= 0.6 is 0 Å². The fourth-order valence-electron chi connectivity index (χ4n) is 4.27. The predicted molar refractivity (Wildman–Crippen MR) is 121 cm³/mol. The van der Waals surface area contributed by atoms with Crippen molar-refractivity contribution in [3.05, 3.63) is 84.4 Å². The van der Waals surface area contributed by atoms with E-state index in [2.05, 4.69) is 35.2 Å². The number of benzene rings is 3. The molecule has 1 aliphatic heterocycles. The van der Waals surface area contributed by atoms with E-state index < -0.39 is 0 Å². The zero-order valence-electron chi connectivity index (χ0n) is 17.7. The van der Waals surface area contributed by atoms with Crippen LogP contribution in [0.3, 0.4) is 0 Å². The number of hydrogen-bond acceptors (Lipinski definition) is 4. The maximum Gasteiger partial charge on any atom is 0.142 e. The van der Waals surface area contributed by atoms with Crippen LogP contribution in [-0.2, 0) is 5.41 Å². The average molecular weight is 404 g/mol. The van der Waals surface area contributed by atoms with E-state index in [9.17, 15) is 0 Å². The Hall–Kier alpha value is -3.14. The van der Waals surface area contributed by atoms with Gasteiger partial charge in [0.2, 0.25) is 0 Å². The number of hydrogen-bond donors (Lipinski definition) is 0. The first kappa shape index (κ1) is 20.1. The van der Waals surface area contributed by atoms with Gasteiger partial charge in [-0.1, -0.05) is 42.5 Å². The van der Waals surface area contributed by atoms with Gasteiger partial charge in [0.15, 0.2) is 0 Å². The highest BCUT2D eigenvalue weighted by Gasteiger charge is 2.38. The molecule has 1 heterocycles. The first-order valence-corrected chi connectivity index (χ1v) is 10.4. The molecular formula is C26H29NO3. The van der Waals surface area contributed by atoms with Crippen LogP contribution in [0, 0.1) is 0 Å². The predicted octanol–water partition coefficient (Wildman–Crippen LogP) is 5.32. The van der Waals surface area contributed by atoms with Gasteiger partial charge in [-0.15, -0.1) is 0 Å². The summed E-state index contributed by atoms with van der Waals surface area (Å²) in [5.74, 6) is 2.72. The second-order valence-corrected chi connectivity index (χ2v) is 7.77. The third kappa shape index (κ3) is 4.23. The molecule has 0 aliphatic carbocycles. The molecule has 4 rings (SSSR count). The van der Waals surface area contributed by atoms with Crippen molar-refractivity contribution >= 4 is 5.69 Å². The number of anilines is 1. The zero-order chi connectivity index (χ0) is 20.8. The molecule has 4 heteroatoms. The van der Waals surface area contributed by atoms with Gasteiger partial charge in [-0.3, -0.25) is 0 Å². The minimum atomic E-state index is -0.0666. The normalized spacial score (nSPS) is 15.5. The van der Waals surface area contributed by atoms with Crippen molar-refractivity contribution in [1.82, 2.24) is 0 Å². The smallest absolute Gasteiger partial charge is 0.142 e. The SMILES string of the molecule is COc1cccc(C2(COc3ccccc3)CCN(c3ccccc3OC)CC2)c1. The molecule has 3 aromatic carbocycles. The second kappa shape index (κ2) is 9.12. The summed E-state index contributed by atoms with van der Waals surface area (Å²) in [5.41, 5.74) is 2.36. The van der Waals surface area contributed by atoms with E-state index in [1.807, 2.05) is 48.5 Å². The summed E-state index contributed by atoms with van der Waals surface area (Å²) in [6.45, 7) is 2.52. The third-order valence-corrected chi connectivity index (χ3v) is 6.09. The molecule has 4 nitrogen and oxygen atoms in total. The lowest BCUT2D eigenvalue weighted by Crippen LogP contribution is -2.46. The molecule has 3 aromatic rings. The molecule has 0 saturated carbocycles. The van der Waals surface area contributed by atoms with Gasteiger partial charge in [-0.25, -0.2) is 0 Å². The molecule has 30 heavy (non-hydrogen) atoms. The van der Waals surface area contributed by atoms with Crippen molar-refractivity contribution in [3.8, 4) is 17.2 Å². The lowest BCUT2D eigenvalue weighted by atomic mass is 9.73. The molecule has 1 aliphatic rings. The summed E-state index contributed by atoms with van der Waals surface area (Å²) in [4.78, 5) is 2.42. The van der Waals surface area contributed by atoms with E-state index >= 15 is 0 Å². The van der Waals surface area contributed by atoms with E-state index in [1.54, 1.807) is 14.2 Å². The number of ether oxygens (including phenoxy) is 3. The summed E-state index contributed by atoms with van der Waals surface area (Å²) in [5, 5.41) is 0. The Balaban J connectivity index is 1.58. The highest BCUT2D eigenvalue weighted by atomic mass is 16.5. The summed E-state index contributed by atoms with van der Waals surface area (Å²) in [6, 6.07) is 26.8. The average Bonchev–Trinajstić information content (AvgIpc) is 2.84. The summed E-state index contributed by atoms with van der Waals surface area (Å²) >= 11 is 0. The maximum absolute atomic E-state index is 6.28. The fraction of sp³-hybridized carbons (Fsp3) is 0.308. The van der Waals surface area contributed by atoms with Gasteiger partial charge < -0.3 is 19.1 Å². The topological polar surface area (TPSA) is 30.9 Å². The van der Waals surface area contributed by atoms with Crippen LogP contribution < -0.4 is 19.1 Å². The van der Waals surface area contributed by atoms with Crippen molar-refractivity contribution in [2.75, 3.05) is 38.8 Å².